The number of rotatable bonds is 3. The molecule has 1 aromatic heterocycles. The Morgan fingerprint density at radius 2 is 1.22 bits per heavy atom. The van der Waals surface area contributed by atoms with Gasteiger partial charge in [0.05, 0.1) is 11.0 Å². The summed E-state index contributed by atoms with van der Waals surface area (Å²) in [5, 5.41) is 2.33. The molecule has 1 unspecified atom stereocenters. The van der Waals surface area contributed by atoms with E-state index >= 15 is 0 Å². The molecule has 0 spiro atoms. The number of nitrogens with zero attached hydrogens (tertiary/aromatic N) is 3. The summed E-state index contributed by atoms with van der Waals surface area (Å²) in [4.78, 5) is 10.1. The average Bonchev–Trinajstić information content (AvgIpc) is 3.56. The van der Waals surface area contributed by atoms with E-state index in [1.54, 1.807) is 0 Å². The summed E-state index contributed by atoms with van der Waals surface area (Å²) in [6.07, 6.45) is -0.532. The maximum absolute atomic E-state index is 6.76. The van der Waals surface area contributed by atoms with Crippen LogP contribution in [-0.4, -0.2) is 16.4 Å². The molecule has 0 bridgehead atoms. The van der Waals surface area contributed by atoms with Crippen molar-refractivity contribution in [2.24, 2.45) is 9.98 Å². The van der Waals surface area contributed by atoms with Crippen LogP contribution >= 0.6 is 0 Å². The summed E-state index contributed by atoms with van der Waals surface area (Å²) >= 11 is 0. The predicted octanol–water partition coefficient (Wildman–Crippen LogP) is 10.1. The second-order valence-corrected chi connectivity index (χ2v) is 12.6. The van der Waals surface area contributed by atoms with Crippen LogP contribution in [0, 0.1) is 0 Å². The molecule has 4 nitrogen and oxygen atoms in total. The van der Waals surface area contributed by atoms with E-state index in [-0.39, 0.29) is 5.41 Å². The van der Waals surface area contributed by atoms with Gasteiger partial charge in [0, 0.05) is 27.3 Å². The molecule has 0 saturated heterocycles. The van der Waals surface area contributed by atoms with Gasteiger partial charge in [-0.15, -0.1) is 0 Å². The Balaban J connectivity index is 1.33. The third-order valence-electron chi connectivity index (χ3n) is 9.54. The number of hydrogen-bond donors (Lipinski definition) is 0. The summed E-state index contributed by atoms with van der Waals surface area (Å²) < 4.78 is 8.96. The molecule has 0 saturated carbocycles. The van der Waals surface area contributed by atoms with E-state index in [1.807, 2.05) is 36.4 Å². The molecule has 46 heavy (non-hydrogen) atoms. The molecule has 0 fully saturated rings. The number of amidine groups is 1. The van der Waals surface area contributed by atoms with Gasteiger partial charge in [0.1, 0.15) is 0 Å². The smallest absolute Gasteiger partial charge is 0.305 e. The highest BCUT2D eigenvalue weighted by molar-refractivity contribution is 6.17. The van der Waals surface area contributed by atoms with E-state index < -0.39 is 6.23 Å². The second kappa shape index (κ2) is 10.1. The van der Waals surface area contributed by atoms with Crippen LogP contribution in [0.15, 0.2) is 156 Å². The lowest BCUT2D eigenvalue weighted by Crippen LogP contribution is -2.25. The zero-order valence-corrected chi connectivity index (χ0v) is 25.7. The van der Waals surface area contributed by atoms with Crippen LogP contribution in [0.1, 0.15) is 42.3 Å². The fourth-order valence-electron chi connectivity index (χ4n) is 7.20. The minimum atomic E-state index is -0.532. The first-order valence-electron chi connectivity index (χ1n) is 15.8. The third-order valence-corrected chi connectivity index (χ3v) is 9.54. The fourth-order valence-corrected chi connectivity index (χ4v) is 7.20. The molecule has 7 aromatic rings. The van der Waals surface area contributed by atoms with Crippen molar-refractivity contribution in [1.82, 2.24) is 4.57 Å². The summed E-state index contributed by atoms with van der Waals surface area (Å²) in [5.41, 5.74) is 11.5. The highest BCUT2D eigenvalue weighted by atomic mass is 16.5. The van der Waals surface area contributed by atoms with Crippen molar-refractivity contribution in [1.29, 1.82) is 0 Å². The van der Waals surface area contributed by atoms with Crippen LogP contribution in [0.5, 0.6) is 0 Å². The Hall–Kier alpha value is -5.74. The molecule has 1 aliphatic carbocycles. The molecule has 1 aliphatic heterocycles. The first-order chi connectivity index (χ1) is 22.6. The molecule has 220 valence electrons. The van der Waals surface area contributed by atoms with Crippen LogP contribution < -0.4 is 0 Å². The molecular formula is C42H31N3O. The molecular weight excluding hydrogens is 562 g/mol. The topological polar surface area (TPSA) is 38.9 Å². The van der Waals surface area contributed by atoms with Crippen molar-refractivity contribution in [3.05, 3.63) is 168 Å². The summed E-state index contributed by atoms with van der Waals surface area (Å²) in [6.45, 7) is 4.65. The lowest BCUT2D eigenvalue weighted by molar-refractivity contribution is 0.189. The second-order valence-electron chi connectivity index (χ2n) is 12.6. The number of ether oxygens (including phenoxy) is 1. The summed E-state index contributed by atoms with van der Waals surface area (Å²) in [5.74, 6) is 0.653. The largest absolute Gasteiger partial charge is 0.434 e. The van der Waals surface area contributed by atoms with Gasteiger partial charge in [0.25, 0.3) is 0 Å². The first kappa shape index (κ1) is 26.6. The van der Waals surface area contributed by atoms with Gasteiger partial charge in [-0.05, 0) is 57.6 Å². The molecule has 6 aromatic carbocycles. The van der Waals surface area contributed by atoms with Gasteiger partial charge in [-0.2, -0.15) is 4.99 Å². The van der Waals surface area contributed by atoms with Gasteiger partial charge in [-0.1, -0.05) is 135 Å². The van der Waals surface area contributed by atoms with E-state index in [0.717, 1.165) is 27.5 Å². The standard InChI is InChI=1S/C42H31N3O/c1-42(2)35-21-13-12-20-31(35)32-25-34-33-24-30(27-14-6-3-7-15-27)22-23-37(33)45(38(34)26-36(32)42)41-44-39(28-16-8-4-9-17-28)43-40(46-41)29-18-10-5-11-19-29/h3-26,40H,1-2H3. The SMILES string of the molecule is CC1(C)c2ccccc2-c2cc3c4cc(-c5ccccc5)ccc4n(C4=NC(c5ccccc5)=NC(c5ccccc5)O4)c3cc21. The Bertz CT molecular complexity index is 2350. The Kier molecular flexibility index (Phi) is 5.88. The molecule has 0 radical (unpaired) electrons. The minimum Gasteiger partial charge on any atom is -0.434 e. The molecule has 2 heterocycles. The van der Waals surface area contributed by atoms with Crippen molar-refractivity contribution < 1.29 is 4.74 Å². The van der Waals surface area contributed by atoms with Crippen molar-refractivity contribution >= 4 is 33.7 Å². The van der Waals surface area contributed by atoms with E-state index in [9.17, 15) is 0 Å². The van der Waals surface area contributed by atoms with Crippen molar-refractivity contribution in [2.45, 2.75) is 25.5 Å². The zero-order chi connectivity index (χ0) is 30.8. The van der Waals surface area contributed by atoms with Gasteiger partial charge in [-0.25, -0.2) is 4.99 Å². The lowest BCUT2D eigenvalue weighted by Gasteiger charge is -2.24. The maximum Gasteiger partial charge on any atom is 0.305 e. The number of aliphatic imine (C=N–C) groups is 2. The predicted molar refractivity (Wildman–Crippen MR) is 189 cm³/mol. The van der Waals surface area contributed by atoms with E-state index in [2.05, 4.69) is 128 Å². The zero-order valence-electron chi connectivity index (χ0n) is 25.7. The Morgan fingerprint density at radius 1 is 0.565 bits per heavy atom. The Morgan fingerprint density at radius 3 is 1.98 bits per heavy atom. The molecule has 0 amide bonds. The van der Waals surface area contributed by atoms with Crippen LogP contribution in [0.25, 0.3) is 44.1 Å². The summed E-state index contributed by atoms with van der Waals surface area (Å²) in [6, 6.07) is 51.7. The molecule has 4 heteroatoms. The molecule has 2 aliphatic rings. The quantitative estimate of drug-likeness (QED) is 0.201. The average molecular weight is 594 g/mol. The van der Waals surface area contributed by atoms with E-state index in [0.29, 0.717) is 11.9 Å². The Labute approximate surface area is 268 Å². The highest BCUT2D eigenvalue weighted by Crippen LogP contribution is 2.51. The minimum absolute atomic E-state index is 0.144. The molecule has 1 atom stereocenters. The monoisotopic (exact) mass is 593 g/mol. The van der Waals surface area contributed by atoms with Crippen LogP contribution in [0.2, 0.25) is 0 Å². The number of aromatic nitrogens is 1. The number of benzene rings is 6. The first-order valence-corrected chi connectivity index (χ1v) is 15.8. The molecule has 9 rings (SSSR count). The van der Waals surface area contributed by atoms with E-state index in [4.69, 9.17) is 14.7 Å². The van der Waals surface area contributed by atoms with Crippen LogP contribution in [0.4, 0.5) is 0 Å². The van der Waals surface area contributed by atoms with Gasteiger partial charge in [0.2, 0.25) is 6.23 Å². The van der Waals surface area contributed by atoms with Crippen molar-refractivity contribution in [3.8, 4) is 22.3 Å². The van der Waals surface area contributed by atoms with Gasteiger partial charge < -0.3 is 4.74 Å². The normalized spacial score (nSPS) is 16.4. The van der Waals surface area contributed by atoms with Crippen molar-refractivity contribution in [3.63, 3.8) is 0 Å². The fraction of sp³-hybridized carbons (Fsp3) is 0.0952. The maximum atomic E-state index is 6.76. The van der Waals surface area contributed by atoms with Crippen LogP contribution in [0.3, 0.4) is 0 Å². The summed E-state index contributed by atoms with van der Waals surface area (Å²) in [7, 11) is 0. The van der Waals surface area contributed by atoms with E-state index in [1.165, 1.54) is 38.8 Å². The molecule has 0 N–H and O–H groups in total. The van der Waals surface area contributed by atoms with Gasteiger partial charge in [0.15, 0.2) is 5.84 Å². The van der Waals surface area contributed by atoms with Crippen molar-refractivity contribution in [2.75, 3.05) is 0 Å². The van der Waals surface area contributed by atoms with Gasteiger partial charge in [-0.3, -0.25) is 4.57 Å². The number of fused-ring (bicyclic) bond motifs is 6. The number of hydrogen-bond acceptors (Lipinski definition) is 3. The lowest BCUT2D eigenvalue weighted by atomic mass is 9.82. The third kappa shape index (κ3) is 4.07. The highest BCUT2D eigenvalue weighted by Gasteiger charge is 2.36. The van der Waals surface area contributed by atoms with Crippen LogP contribution in [-0.2, 0) is 10.2 Å². The van der Waals surface area contributed by atoms with Gasteiger partial charge >= 0.3 is 6.02 Å².